The van der Waals surface area contributed by atoms with E-state index in [1.54, 1.807) is 36.5 Å². The van der Waals surface area contributed by atoms with Gasteiger partial charge in [-0.25, -0.2) is 8.42 Å². The second-order valence-electron chi connectivity index (χ2n) is 9.11. The lowest BCUT2D eigenvalue weighted by atomic mass is 9.87. The van der Waals surface area contributed by atoms with Crippen molar-refractivity contribution >= 4 is 32.5 Å². The predicted molar refractivity (Wildman–Crippen MR) is 144 cm³/mol. The highest BCUT2D eigenvalue weighted by molar-refractivity contribution is 7.93. The van der Waals surface area contributed by atoms with Crippen molar-refractivity contribution < 1.29 is 17.9 Å². The summed E-state index contributed by atoms with van der Waals surface area (Å²) in [6.45, 7) is 2.48. The first kappa shape index (κ1) is 24.8. The lowest BCUT2D eigenvalue weighted by Gasteiger charge is -2.27. The molecule has 7 nitrogen and oxygen atoms in total. The molecule has 1 heterocycles. The Kier molecular flexibility index (Phi) is 7.10. The number of pyridine rings is 1. The van der Waals surface area contributed by atoms with Gasteiger partial charge in [-0.15, -0.1) is 0 Å². The van der Waals surface area contributed by atoms with Crippen LogP contribution in [0.3, 0.4) is 0 Å². The van der Waals surface area contributed by atoms with Crippen LogP contribution < -0.4 is 14.8 Å². The van der Waals surface area contributed by atoms with E-state index in [4.69, 9.17) is 4.74 Å². The van der Waals surface area contributed by atoms with Gasteiger partial charge in [0.05, 0.1) is 29.4 Å². The molecule has 0 fully saturated rings. The predicted octanol–water partition coefficient (Wildman–Crippen LogP) is 5.63. The summed E-state index contributed by atoms with van der Waals surface area (Å²) in [6.07, 6.45) is 5.13. The summed E-state index contributed by atoms with van der Waals surface area (Å²) >= 11 is 0. The number of aryl methyl sites for hydroxylation is 1. The van der Waals surface area contributed by atoms with Gasteiger partial charge in [-0.1, -0.05) is 49.4 Å². The number of amides is 1. The number of hydrogen-bond acceptors (Lipinski definition) is 5. The van der Waals surface area contributed by atoms with Gasteiger partial charge >= 0.3 is 0 Å². The van der Waals surface area contributed by atoms with Crippen LogP contribution in [0.4, 0.5) is 5.69 Å². The Hall–Kier alpha value is -3.91. The summed E-state index contributed by atoms with van der Waals surface area (Å²) < 4.78 is 35.4. The standard InChI is InChI=1S/C29H29N3O4S/c1-2-18-36-22-15-16-26(32-37(34,35)27-14-6-10-21-11-7-17-30-28(21)27)24(19-22)29(33)31-25-13-5-9-20-8-3-4-12-23(20)25/h3-4,6-8,10-12,14-17,19,25,32H,2,5,9,13,18H2,1H3,(H,31,33). The molecule has 0 saturated carbocycles. The summed E-state index contributed by atoms with van der Waals surface area (Å²) in [7, 11) is -4.04. The largest absolute Gasteiger partial charge is 0.494 e. The van der Waals surface area contributed by atoms with Gasteiger partial charge in [0.1, 0.15) is 10.6 Å². The number of anilines is 1. The first-order valence-corrected chi connectivity index (χ1v) is 14.0. The number of sulfonamides is 1. The number of rotatable bonds is 8. The number of carbonyl (C=O) groups excluding carboxylic acids is 1. The Morgan fingerprint density at radius 2 is 1.89 bits per heavy atom. The first-order chi connectivity index (χ1) is 18.0. The summed E-state index contributed by atoms with van der Waals surface area (Å²) in [6, 6.07) is 21.4. The molecule has 0 radical (unpaired) electrons. The fourth-order valence-corrected chi connectivity index (χ4v) is 6.00. The molecular weight excluding hydrogens is 486 g/mol. The number of para-hydroxylation sites is 1. The smallest absolute Gasteiger partial charge is 0.264 e. The fourth-order valence-electron chi connectivity index (χ4n) is 4.74. The van der Waals surface area contributed by atoms with Crippen molar-refractivity contribution in [2.24, 2.45) is 0 Å². The monoisotopic (exact) mass is 515 g/mol. The third-order valence-electron chi connectivity index (χ3n) is 6.51. The van der Waals surface area contributed by atoms with Crippen LogP contribution in [0.1, 0.15) is 53.7 Å². The molecular formula is C29H29N3O4S. The summed E-state index contributed by atoms with van der Waals surface area (Å²) in [5.41, 5.74) is 3.07. The van der Waals surface area contributed by atoms with E-state index < -0.39 is 10.0 Å². The number of ether oxygens (including phenoxy) is 1. The van der Waals surface area contributed by atoms with Gasteiger partial charge in [0.2, 0.25) is 0 Å². The van der Waals surface area contributed by atoms with Crippen molar-refractivity contribution in [1.82, 2.24) is 10.3 Å². The lowest BCUT2D eigenvalue weighted by Crippen LogP contribution is -2.31. The third kappa shape index (κ3) is 5.29. The summed E-state index contributed by atoms with van der Waals surface area (Å²) in [4.78, 5) is 17.9. The zero-order valence-corrected chi connectivity index (χ0v) is 21.4. The number of nitrogens with zero attached hydrogens (tertiary/aromatic N) is 1. The molecule has 5 rings (SSSR count). The lowest BCUT2D eigenvalue weighted by molar-refractivity contribution is 0.0933. The van der Waals surface area contributed by atoms with Crippen molar-refractivity contribution in [3.8, 4) is 5.75 Å². The molecule has 0 bridgehead atoms. The normalized spacial score (nSPS) is 15.1. The maximum Gasteiger partial charge on any atom is 0.264 e. The Bertz CT molecular complexity index is 1550. The second-order valence-corrected chi connectivity index (χ2v) is 10.8. The Labute approximate surface area is 216 Å². The highest BCUT2D eigenvalue weighted by Gasteiger charge is 2.26. The molecule has 0 spiro atoms. The van der Waals surface area contributed by atoms with Crippen molar-refractivity contribution in [2.75, 3.05) is 11.3 Å². The van der Waals surface area contributed by atoms with Gasteiger partial charge in [-0.3, -0.25) is 14.5 Å². The molecule has 1 aromatic heterocycles. The maximum atomic E-state index is 13.6. The number of aromatic nitrogens is 1. The van der Waals surface area contributed by atoms with Crippen molar-refractivity contribution in [1.29, 1.82) is 0 Å². The molecule has 1 aliphatic rings. The van der Waals surface area contributed by atoms with Crippen LogP contribution >= 0.6 is 0 Å². The van der Waals surface area contributed by atoms with Crippen LogP contribution in [-0.4, -0.2) is 25.9 Å². The molecule has 0 aliphatic heterocycles. The van der Waals surface area contributed by atoms with Crippen LogP contribution in [0, 0.1) is 0 Å². The average molecular weight is 516 g/mol. The van der Waals surface area contributed by atoms with E-state index in [0.717, 1.165) is 31.2 Å². The molecule has 1 unspecified atom stereocenters. The van der Waals surface area contributed by atoms with Crippen molar-refractivity contribution in [2.45, 2.75) is 43.5 Å². The minimum absolute atomic E-state index is 0.0458. The molecule has 1 atom stereocenters. The zero-order valence-electron chi connectivity index (χ0n) is 20.6. The Morgan fingerprint density at radius 1 is 1.05 bits per heavy atom. The molecule has 1 amide bonds. The SMILES string of the molecule is CCCOc1ccc(NS(=O)(=O)c2cccc3cccnc23)c(C(=O)NC2CCCc3ccccc32)c1. The quantitative estimate of drug-likeness (QED) is 0.317. The molecule has 1 aliphatic carbocycles. The molecule has 37 heavy (non-hydrogen) atoms. The zero-order chi connectivity index (χ0) is 25.8. The van der Waals surface area contributed by atoms with Crippen LogP contribution in [-0.2, 0) is 16.4 Å². The molecule has 8 heteroatoms. The van der Waals surface area contributed by atoms with E-state index >= 15 is 0 Å². The number of nitrogens with one attached hydrogen (secondary N) is 2. The number of benzene rings is 3. The van der Waals surface area contributed by atoms with E-state index in [0.29, 0.717) is 23.3 Å². The van der Waals surface area contributed by atoms with Gasteiger partial charge in [-0.05, 0) is 67.1 Å². The third-order valence-corrected chi connectivity index (χ3v) is 7.91. The summed E-state index contributed by atoms with van der Waals surface area (Å²) in [5, 5.41) is 3.84. The average Bonchev–Trinajstić information content (AvgIpc) is 2.92. The van der Waals surface area contributed by atoms with Crippen molar-refractivity contribution in [3.05, 3.63) is 95.7 Å². The van der Waals surface area contributed by atoms with Crippen LogP contribution in [0.25, 0.3) is 10.9 Å². The van der Waals surface area contributed by atoms with E-state index in [1.807, 2.05) is 37.3 Å². The minimum atomic E-state index is -4.04. The molecule has 3 aromatic carbocycles. The number of fused-ring (bicyclic) bond motifs is 2. The van der Waals surface area contributed by atoms with Crippen LogP contribution in [0.2, 0.25) is 0 Å². The summed E-state index contributed by atoms with van der Waals surface area (Å²) in [5.74, 6) is 0.142. The van der Waals surface area contributed by atoms with Crippen LogP contribution in [0.5, 0.6) is 5.75 Å². The van der Waals surface area contributed by atoms with Gasteiger partial charge in [0.15, 0.2) is 0 Å². The van der Waals surface area contributed by atoms with E-state index in [1.165, 1.54) is 11.6 Å². The minimum Gasteiger partial charge on any atom is -0.494 e. The highest BCUT2D eigenvalue weighted by Crippen LogP contribution is 2.32. The van der Waals surface area contributed by atoms with Gasteiger partial charge in [0, 0.05) is 11.6 Å². The Balaban J connectivity index is 1.49. The van der Waals surface area contributed by atoms with Crippen molar-refractivity contribution in [3.63, 3.8) is 0 Å². The maximum absolute atomic E-state index is 13.6. The van der Waals surface area contributed by atoms with Gasteiger partial charge in [-0.2, -0.15) is 0 Å². The topological polar surface area (TPSA) is 97.4 Å². The van der Waals surface area contributed by atoms with Gasteiger partial charge < -0.3 is 10.1 Å². The number of carbonyl (C=O) groups is 1. The fraction of sp³-hybridized carbons (Fsp3) is 0.241. The molecule has 0 saturated heterocycles. The molecule has 2 N–H and O–H groups in total. The number of hydrogen-bond donors (Lipinski definition) is 2. The van der Waals surface area contributed by atoms with Crippen LogP contribution in [0.15, 0.2) is 83.9 Å². The van der Waals surface area contributed by atoms with Gasteiger partial charge in [0.25, 0.3) is 15.9 Å². The highest BCUT2D eigenvalue weighted by atomic mass is 32.2. The van der Waals surface area contributed by atoms with E-state index in [9.17, 15) is 13.2 Å². The second kappa shape index (κ2) is 10.6. The van der Waals surface area contributed by atoms with E-state index in [-0.39, 0.29) is 28.1 Å². The first-order valence-electron chi connectivity index (χ1n) is 12.5. The molecule has 4 aromatic rings. The van der Waals surface area contributed by atoms with E-state index in [2.05, 4.69) is 21.1 Å². The molecule has 190 valence electrons. The Morgan fingerprint density at radius 3 is 2.76 bits per heavy atom.